The third-order valence-corrected chi connectivity index (χ3v) is 5.05. The van der Waals surface area contributed by atoms with Gasteiger partial charge in [-0.15, -0.1) is 0 Å². The minimum atomic E-state index is 0.0388. The summed E-state index contributed by atoms with van der Waals surface area (Å²) in [4.78, 5) is 18.6. The quantitative estimate of drug-likeness (QED) is 0.633. The maximum absolute atomic E-state index is 12.6. The minimum Gasteiger partial charge on any atom is -0.489 e. The molecule has 1 aliphatic heterocycles. The summed E-state index contributed by atoms with van der Waals surface area (Å²) in [5, 5.41) is 0. The van der Waals surface area contributed by atoms with Crippen molar-refractivity contribution in [1.82, 2.24) is 14.5 Å². The number of pyridine rings is 1. The third kappa shape index (κ3) is 3.98. The Hall–Kier alpha value is -3.34. The van der Waals surface area contributed by atoms with Gasteiger partial charge in [0, 0.05) is 49.0 Å². The van der Waals surface area contributed by atoms with Crippen LogP contribution in [0.25, 0.3) is 6.08 Å². The molecule has 3 heterocycles. The van der Waals surface area contributed by atoms with Crippen LogP contribution in [-0.4, -0.2) is 26.9 Å². The van der Waals surface area contributed by atoms with Crippen LogP contribution >= 0.6 is 0 Å². The Labute approximate surface area is 164 Å². The predicted molar refractivity (Wildman–Crippen MR) is 109 cm³/mol. The molecule has 4 rings (SSSR count). The molecule has 2 aromatic heterocycles. The Morgan fingerprint density at radius 3 is 2.82 bits per heavy atom. The number of rotatable bonds is 5. The van der Waals surface area contributed by atoms with Crippen molar-refractivity contribution in [3.05, 3.63) is 90.0 Å². The molecule has 3 aromatic rings. The first kappa shape index (κ1) is 18.0. The summed E-state index contributed by atoms with van der Waals surface area (Å²) in [5.74, 6) is 0.828. The van der Waals surface area contributed by atoms with Crippen molar-refractivity contribution in [3.8, 4) is 5.75 Å². The van der Waals surface area contributed by atoms with E-state index in [1.807, 2.05) is 53.4 Å². The smallest absolute Gasteiger partial charge is 0.247 e. The van der Waals surface area contributed by atoms with Crippen molar-refractivity contribution in [2.75, 3.05) is 6.54 Å². The number of carbonyl (C=O) groups is 1. The number of fused-ring (bicyclic) bond motifs is 1. The number of amides is 1. The van der Waals surface area contributed by atoms with E-state index >= 15 is 0 Å². The molecule has 0 spiro atoms. The average Bonchev–Trinajstić information content (AvgIpc) is 3.22. The van der Waals surface area contributed by atoms with Crippen LogP contribution in [0.3, 0.4) is 0 Å². The summed E-state index contributed by atoms with van der Waals surface area (Å²) in [6.45, 7) is 4.13. The number of ether oxygens (including phenoxy) is 1. The van der Waals surface area contributed by atoms with E-state index in [0.717, 1.165) is 30.0 Å². The van der Waals surface area contributed by atoms with E-state index in [1.165, 1.54) is 5.69 Å². The van der Waals surface area contributed by atoms with Crippen LogP contribution in [0.1, 0.15) is 29.8 Å². The molecular formula is C23H23N3O2. The molecule has 0 aliphatic carbocycles. The van der Waals surface area contributed by atoms with Gasteiger partial charge in [-0.2, -0.15) is 0 Å². The van der Waals surface area contributed by atoms with Crippen molar-refractivity contribution in [2.45, 2.75) is 26.1 Å². The standard InChI is InChI=1S/C23H23N3O2/c1-18-22-5-3-13-25(22)14-15-26(18)23(27)11-8-19-6-9-21(10-7-19)28-17-20-4-2-12-24-16-20/h2-13,16,18H,14-15,17H2,1H3/b11-8-/t18-/m0/s1. The summed E-state index contributed by atoms with van der Waals surface area (Å²) in [5.41, 5.74) is 3.18. The Kier molecular flexibility index (Phi) is 5.24. The van der Waals surface area contributed by atoms with Crippen molar-refractivity contribution in [2.24, 2.45) is 0 Å². The molecule has 0 saturated heterocycles. The lowest BCUT2D eigenvalue weighted by Gasteiger charge is -2.34. The molecule has 28 heavy (non-hydrogen) atoms. The first-order valence-corrected chi connectivity index (χ1v) is 9.46. The van der Waals surface area contributed by atoms with Crippen LogP contribution < -0.4 is 4.74 Å². The number of benzene rings is 1. The van der Waals surface area contributed by atoms with E-state index in [1.54, 1.807) is 18.5 Å². The Morgan fingerprint density at radius 1 is 1.18 bits per heavy atom. The van der Waals surface area contributed by atoms with Gasteiger partial charge >= 0.3 is 0 Å². The van der Waals surface area contributed by atoms with Crippen molar-refractivity contribution >= 4 is 12.0 Å². The van der Waals surface area contributed by atoms with Gasteiger partial charge in [-0.05, 0) is 48.9 Å². The Morgan fingerprint density at radius 2 is 2.04 bits per heavy atom. The van der Waals surface area contributed by atoms with Gasteiger partial charge in [0.2, 0.25) is 5.91 Å². The lowest BCUT2D eigenvalue weighted by atomic mass is 10.1. The highest BCUT2D eigenvalue weighted by Gasteiger charge is 2.25. The number of hydrogen-bond donors (Lipinski definition) is 0. The van der Waals surface area contributed by atoms with E-state index in [4.69, 9.17) is 4.74 Å². The highest BCUT2D eigenvalue weighted by molar-refractivity contribution is 5.92. The normalized spacial score (nSPS) is 16.2. The van der Waals surface area contributed by atoms with Gasteiger partial charge in [0.15, 0.2) is 0 Å². The first-order chi connectivity index (χ1) is 13.7. The number of carbonyl (C=O) groups excluding carboxylic acids is 1. The lowest BCUT2D eigenvalue weighted by molar-refractivity contribution is -0.129. The van der Waals surface area contributed by atoms with Crippen LogP contribution in [0.15, 0.2) is 73.2 Å². The fourth-order valence-corrected chi connectivity index (χ4v) is 3.47. The average molecular weight is 373 g/mol. The summed E-state index contributed by atoms with van der Waals surface area (Å²) in [7, 11) is 0. The van der Waals surface area contributed by atoms with Crippen molar-refractivity contribution in [1.29, 1.82) is 0 Å². The van der Waals surface area contributed by atoms with Gasteiger partial charge in [-0.25, -0.2) is 0 Å². The zero-order chi connectivity index (χ0) is 19.3. The fraction of sp³-hybridized carbons (Fsp3) is 0.217. The molecule has 5 nitrogen and oxygen atoms in total. The van der Waals surface area contributed by atoms with Gasteiger partial charge in [0.05, 0.1) is 6.04 Å². The lowest BCUT2D eigenvalue weighted by Crippen LogP contribution is -2.39. The van der Waals surface area contributed by atoms with E-state index in [9.17, 15) is 4.79 Å². The van der Waals surface area contributed by atoms with Gasteiger partial charge in [-0.1, -0.05) is 18.2 Å². The second-order valence-corrected chi connectivity index (χ2v) is 6.89. The fourth-order valence-electron chi connectivity index (χ4n) is 3.47. The Bertz CT molecular complexity index is 961. The topological polar surface area (TPSA) is 47.4 Å². The van der Waals surface area contributed by atoms with E-state index in [-0.39, 0.29) is 11.9 Å². The third-order valence-electron chi connectivity index (χ3n) is 5.05. The largest absolute Gasteiger partial charge is 0.489 e. The number of aromatic nitrogens is 2. The summed E-state index contributed by atoms with van der Waals surface area (Å²) in [6, 6.07) is 15.8. The maximum Gasteiger partial charge on any atom is 0.247 e. The van der Waals surface area contributed by atoms with Crippen LogP contribution in [0, 0.1) is 0 Å². The zero-order valence-electron chi connectivity index (χ0n) is 15.9. The molecule has 0 fully saturated rings. The molecule has 0 radical (unpaired) electrons. The Balaban J connectivity index is 1.35. The van der Waals surface area contributed by atoms with Crippen LogP contribution in [0.2, 0.25) is 0 Å². The molecule has 0 bridgehead atoms. The summed E-state index contributed by atoms with van der Waals surface area (Å²) in [6.07, 6.45) is 9.12. The molecule has 0 N–H and O–H groups in total. The van der Waals surface area contributed by atoms with Crippen LogP contribution in [0.4, 0.5) is 0 Å². The molecule has 0 saturated carbocycles. The first-order valence-electron chi connectivity index (χ1n) is 9.46. The second kappa shape index (κ2) is 8.13. The molecular weight excluding hydrogens is 350 g/mol. The zero-order valence-corrected chi connectivity index (χ0v) is 15.9. The molecule has 1 aromatic carbocycles. The monoisotopic (exact) mass is 373 g/mol. The van der Waals surface area contributed by atoms with Gasteiger partial charge in [0.1, 0.15) is 12.4 Å². The maximum atomic E-state index is 12.6. The molecule has 1 atom stereocenters. The summed E-state index contributed by atoms with van der Waals surface area (Å²) < 4.78 is 7.98. The predicted octanol–water partition coefficient (Wildman–Crippen LogP) is 4.08. The van der Waals surface area contributed by atoms with Gasteiger partial charge in [-0.3, -0.25) is 9.78 Å². The SMILES string of the molecule is C[C@H]1c2cccn2CCN1C(=O)/C=C\c1ccc(OCc2cccnc2)cc1. The van der Waals surface area contributed by atoms with Gasteiger partial charge < -0.3 is 14.2 Å². The minimum absolute atomic E-state index is 0.0388. The van der Waals surface area contributed by atoms with E-state index in [0.29, 0.717) is 6.61 Å². The molecule has 1 amide bonds. The molecule has 142 valence electrons. The summed E-state index contributed by atoms with van der Waals surface area (Å²) >= 11 is 0. The molecule has 5 heteroatoms. The van der Waals surface area contributed by atoms with Crippen LogP contribution in [-0.2, 0) is 17.9 Å². The molecule has 0 unspecified atom stereocenters. The van der Waals surface area contributed by atoms with E-state index in [2.05, 4.69) is 28.7 Å². The number of hydrogen-bond acceptors (Lipinski definition) is 3. The van der Waals surface area contributed by atoms with Crippen molar-refractivity contribution in [3.63, 3.8) is 0 Å². The molecule has 1 aliphatic rings. The highest BCUT2D eigenvalue weighted by Crippen LogP contribution is 2.25. The second-order valence-electron chi connectivity index (χ2n) is 6.89. The van der Waals surface area contributed by atoms with Crippen LogP contribution in [0.5, 0.6) is 5.75 Å². The number of nitrogens with zero attached hydrogens (tertiary/aromatic N) is 3. The van der Waals surface area contributed by atoms with Crippen molar-refractivity contribution < 1.29 is 9.53 Å². The van der Waals surface area contributed by atoms with E-state index < -0.39 is 0 Å². The highest BCUT2D eigenvalue weighted by atomic mass is 16.5. The van der Waals surface area contributed by atoms with Gasteiger partial charge in [0.25, 0.3) is 0 Å².